The standard InChI is InChI=1S/C16H23NO3/c1-4-11-20-15-8-6-5-7-13(15)16(19)17-14(9-10-18)12(2)3/h4-8,12,14,18H,1,9-11H2,2-3H3,(H,17,19). The van der Waals surface area contributed by atoms with Crippen LogP contribution in [0.5, 0.6) is 5.75 Å². The molecule has 0 aliphatic rings. The van der Waals surface area contributed by atoms with Crippen LogP contribution in [0.4, 0.5) is 0 Å². The molecule has 4 nitrogen and oxygen atoms in total. The van der Waals surface area contributed by atoms with Gasteiger partial charge in [-0.1, -0.05) is 38.6 Å². The lowest BCUT2D eigenvalue weighted by atomic mass is 10.0. The number of benzene rings is 1. The highest BCUT2D eigenvalue weighted by Crippen LogP contribution is 2.18. The summed E-state index contributed by atoms with van der Waals surface area (Å²) >= 11 is 0. The number of rotatable bonds is 8. The minimum Gasteiger partial charge on any atom is -0.489 e. The first kappa shape index (κ1) is 16.2. The maximum Gasteiger partial charge on any atom is 0.255 e. The molecule has 0 saturated heterocycles. The molecule has 1 rings (SSSR count). The highest BCUT2D eigenvalue weighted by Gasteiger charge is 2.18. The van der Waals surface area contributed by atoms with Crippen LogP contribution in [0.2, 0.25) is 0 Å². The van der Waals surface area contributed by atoms with E-state index in [1.54, 1.807) is 24.3 Å². The summed E-state index contributed by atoms with van der Waals surface area (Å²) in [5.41, 5.74) is 0.498. The molecule has 110 valence electrons. The minimum atomic E-state index is -0.184. The predicted octanol–water partition coefficient (Wildman–Crippen LogP) is 2.39. The fourth-order valence-corrected chi connectivity index (χ4v) is 1.89. The molecule has 0 aliphatic heterocycles. The Morgan fingerprint density at radius 2 is 2.15 bits per heavy atom. The lowest BCUT2D eigenvalue weighted by molar-refractivity contribution is 0.0913. The average molecular weight is 277 g/mol. The Kier molecular flexibility index (Phi) is 6.81. The van der Waals surface area contributed by atoms with E-state index in [1.807, 2.05) is 19.9 Å². The van der Waals surface area contributed by atoms with Crippen LogP contribution in [-0.2, 0) is 0 Å². The van der Waals surface area contributed by atoms with Crippen molar-refractivity contribution in [1.82, 2.24) is 5.32 Å². The summed E-state index contributed by atoms with van der Waals surface area (Å²) < 4.78 is 5.48. The number of hydrogen-bond acceptors (Lipinski definition) is 3. The molecule has 2 N–H and O–H groups in total. The van der Waals surface area contributed by atoms with Gasteiger partial charge < -0.3 is 15.2 Å². The summed E-state index contributed by atoms with van der Waals surface area (Å²) in [6.45, 7) is 8.03. The molecule has 1 amide bonds. The smallest absolute Gasteiger partial charge is 0.255 e. The molecule has 0 fully saturated rings. The number of aliphatic hydroxyl groups is 1. The number of para-hydroxylation sites is 1. The number of hydrogen-bond donors (Lipinski definition) is 2. The number of carbonyl (C=O) groups excluding carboxylic acids is 1. The molecule has 0 aromatic heterocycles. The zero-order chi connectivity index (χ0) is 15.0. The third-order valence-corrected chi connectivity index (χ3v) is 3.05. The molecule has 0 heterocycles. The van der Waals surface area contributed by atoms with Crippen LogP contribution < -0.4 is 10.1 Å². The molecule has 1 unspecified atom stereocenters. The topological polar surface area (TPSA) is 58.6 Å². The van der Waals surface area contributed by atoms with Gasteiger partial charge in [-0.25, -0.2) is 0 Å². The van der Waals surface area contributed by atoms with Crippen LogP contribution in [0, 0.1) is 5.92 Å². The summed E-state index contributed by atoms with van der Waals surface area (Å²) in [5, 5.41) is 12.0. The highest BCUT2D eigenvalue weighted by atomic mass is 16.5. The maximum atomic E-state index is 12.3. The number of amides is 1. The molecule has 0 aliphatic carbocycles. The third-order valence-electron chi connectivity index (χ3n) is 3.05. The third kappa shape index (κ3) is 4.70. The monoisotopic (exact) mass is 277 g/mol. The van der Waals surface area contributed by atoms with Crippen molar-refractivity contribution >= 4 is 5.91 Å². The van der Waals surface area contributed by atoms with Gasteiger partial charge in [0.25, 0.3) is 5.91 Å². The van der Waals surface area contributed by atoms with Crippen molar-refractivity contribution in [2.24, 2.45) is 5.92 Å². The van der Waals surface area contributed by atoms with E-state index in [0.717, 1.165) is 0 Å². The number of aliphatic hydroxyl groups excluding tert-OH is 1. The second-order valence-electron chi connectivity index (χ2n) is 4.93. The Bertz CT molecular complexity index is 443. The molecular weight excluding hydrogens is 254 g/mol. The van der Waals surface area contributed by atoms with Gasteiger partial charge in [0.15, 0.2) is 0 Å². The molecule has 4 heteroatoms. The quantitative estimate of drug-likeness (QED) is 0.717. The van der Waals surface area contributed by atoms with Crippen molar-refractivity contribution in [3.63, 3.8) is 0 Å². The van der Waals surface area contributed by atoms with Gasteiger partial charge in [-0.2, -0.15) is 0 Å². The fourth-order valence-electron chi connectivity index (χ4n) is 1.89. The largest absolute Gasteiger partial charge is 0.489 e. The second-order valence-corrected chi connectivity index (χ2v) is 4.93. The van der Waals surface area contributed by atoms with E-state index in [0.29, 0.717) is 24.3 Å². The van der Waals surface area contributed by atoms with E-state index in [9.17, 15) is 4.79 Å². The van der Waals surface area contributed by atoms with E-state index >= 15 is 0 Å². The Balaban J connectivity index is 2.82. The lowest BCUT2D eigenvalue weighted by Crippen LogP contribution is -2.39. The van der Waals surface area contributed by atoms with Crippen molar-refractivity contribution in [2.75, 3.05) is 13.2 Å². The minimum absolute atomic E-state index is 0.0533. The van der Waals surface area contributed by atoms with E-state index in [2.05, 4.69) is 11.9 Å². The Labute approximate surface area is 120 Å². The van der Waals surface area contributed by atoms with E-state index in [1.165, 1.54) is 0 Å². The summed E-state index contributed by atoms with van der Waals surface area (Å²) in [5.74, 6) is 0.612. The Morgan fingerprint density at radius 1 is 1.45 bits per heavy atom. The Hall–Kier alpha value is -1.81. The van der Waals surface area contributed by atoms with Crippen molar-refractivity contribution in [3.8, 4) is 5.75 Å². The average Bonchev–Trinajstić information content (AvgIpc) is 2.44. The maximum absolute atomic E-state index is 12.3. The molecular formula is C16H23NO3. The molecule has 1 atom stereocenters. The van der Waals surface area contributed by atoms with Gasteiger partial charge in [-0.15, -0.1) is 0 Å². The van der Waals surface area contributed by atoms with E-state index in [4.69, 9.17) is 9.84 Å². The van der Waals surface area contributed by atoms with Gasteiger partial charge in [-0.3, -0.25) is 4.79 Å². The Morgan fingerprint density at radius 3 is 2.75 bits per heavy atom. The second kappa shape index (κ2) is 8.38. The number of carbonyl (C=O) groups is 1. The van der Waals surface area contributed by atoms with Gasteiger partial charge in [0, 0.05) is 12.6 Å². The van der Waals surface area contributed by atoms with Gasteiger partial charge in [0.2, 0.25) is 0 Å². The van der Waals surface area contributed by atoms with Crippen LogP contribution in [-0.4, -0.2) is 30.3 Å². The normalized spacial score (nSPS) is 12.0. The summed E-state index contributed by atoms with van der Waals surface area (Å²) in [6, 6.07) is 7.05. The molecule has 1 aromatic carbocycles. The van der Waals surface area contributed by atoms with Crippen molar-refractivity contribution in [2.45, 2.75) is 26.3 Å². The molecule has 0 bridgehead atoms. The first-order chi connectivity index (χ1) is 9.60. The van der Waals surface area contributed by atoms with Crippen LogP contribution in [0.15, 0.2) is 36.9 Å². The van der Waals surface area contributed by atoms with Crippen molar-refractivity contribution in [1.29, 1.82) is 0 Å². The number of ether oxygens (including phenoxy) is 1. The summed E-state index contributed by atoms with van der Waals surface area (Å²) in [4.78, 5) is 12.3. The first-order valence-corrected chi connectivity index (χ1v) is 6.84. The zero-order valence-electron chi connectivity index (χ0n) is 12.1. The van der Waals surface area contributed by atoms with Crippen LogP contribution >= 0.6 is 0 Å². The van der Waals surface area contributed by atoms with Gasteiger partial charge in [0.1, 0.15) is 12.4 Å². The zero-order valence-corrected chi connectivity index (χ0v) is 12.1. The molecule has 20 heavy (non-hydrogen) atoms. The van der Waals surface area contributed by atoms with Crippen LogP contribution in [0.1, 0.15) is 30.6 Å². The van der Waals surface area contributed by atoms with Crippen LogP contribution in [0.25, 0.3) is 0 Å². The molecule has 0 radical (unpaired) electrons. The van der Waals surface area contributed by atoms with Gasteiger partial charge >= 0.3 is 0 Å². The van der Waals surface area contributed by atoms with E-state index in [-0.39, 0.29) is 24.5 Å². The van der Waals surface area contributed by atoms with Crippen LogP contribution in [0.3, 0.4) is 0 Å². The fraction of sp³-hybridized carbons (Fsp3) is 0.438. The number of nitrogens with one attached hydrogen (secondary N) is 1. The first-order valence-electron chi connectivity index (χ1n) is 6.84. The van der Waals surface area contributed by atoms with Crippen molar-refractivity contribution in [3.05, 3.63) is 42.5 Å². The van der Waals surface area contributed by atoms with Crippen molar-refractivity contribution < 1.29 is 14.6 Å². The highest BCUT2D eigenvalue weighted by molar-refractivity contribution is 5.97. The summed E-state index contributed by atoms with van der Waals surface area (Å²) in [7, 11) is 0. The van der Waals surface area contributed by atoms with E-state index < -0.39 is 0 Å². The predicted molar refractivity (Wildman–Crippen MR) is 79.9 cm³/mol. The SMILES string of the molecule is C=CCOc1ccccc1C(=O)NC(CCO)C(C)C. The van der Waals surface area contributed by atoms with Gasteiger partial charge in [0.05, 0.1) is 5.56 Å². The molecule has 0 saturated carbocycles. The summed E-state index contributed by atoms with van der Waals surface area (Å²) in [6.07, 6.45) is 2.18. The van der Waals surface area contributed by atoms with Gasteiger partial charge in [-0.05, 0) is 24.5 Å². The lowest BCUT2D eigenvalue weighted by Gasteiger charge is -2.22. The molecule has 0 spiro atoms. The molecule has 1 aromatic rings.